The van der Waals surface area contributed by atoms with Gasteiger partial charge >= 0.3 is 0 Å². The second-order valence-corrected chi connectivity index (χ2v) is 5.30. The van der Waals surface area contributed by atoms with Gasteiger partial charge in [-0.1, -0.05) is 30.3 Å². The number of carbonyl (C=O) groups is 1. The molecule has 0 saturated heterocycles. The molecule has 24 heavy (non-hydrogen) atoms. The normalized spacial score (nSPS) is 10.9. The van der Waals surface area contributed by atoms with Crippen molar-refractivity contribution in [1.29, 1.82) is 0 Å². The lowest BCUT2D eigenvalue weighted by molar-refractivity contribution is 0.102. The quantitative estimate of drug-likeness (QED) is 0.629. The van der Waals surface area contributed by atoms with Crippen LogP contribution in [0.5, 0.6) is 0 Å². The van der Waals surface area contributed by atoms with Gasteiger partial charge in [-0.3, -0.25) is 9.48 Å². The van der Waals surface area contributed by atoms with Crippen LogP contribution in [-0.2, 0) is 7.05 Å². The highest BCUT2D eigenvalue weighted by molar-refractivity contribution is 6.09. The van der Waals surface area contributed by atoms with Crippen molar-refractivity contribution < 1.29 is 4.79 Å². The van der Waals surface area contributed by atoms with Crippen LogP contribution in [0, 0.1) is 0 Å². The second kappa shape index (κ2) is 5.62. The third-order valence-corrected chi connectivity index (χ3v) is 3.76. The number of nitrogens with zero attached hydrogens (tertiary/aromatic N) is 5. The van der Waals surface area contributed by atoms with Gasteiger partial charge in [0.1, 0.15) is 5.56 Å². The molecule has 4 aromatic rings. The molecular weight excluding hydrogens is 304 g/mol. The summed E-state index contributed by atoms with van der Waals surface area (Å²) in [6.07, 6.45) is 6.53. The van der Waals surface area contributed by atoms with Crippen molar-refractivity contribution in [3.8, 4) is 11.3 Å². The minimum absolute atomic E-state index is 0.270. The van der Waals surface area contributed by atoms with Gasteiger partial charge in [0, 0.05) is 25.0 Å². The van der Waals surface area contributed by atoms with E-state index in [2.05, 4.69) is 20.5 Å². The lowest BCUT2D eigenvalue weighted by atomic mass is 10.1. The fraction of sp³-hybridized carbons (Fsp3) is 0.0588. The summed E-state index contributed by atoms with van der Waals surface area (Å²) in [5.41, 5.74) is 3.39. The van der Waals surface area contributed by atoms with Crippen LogP contribution in [0.4, 0.5) is 5.69 Å². The molecule has 1 aromatic carbocycles. The zero-order valence-electron chi connectivity index (χ0n) is 12.9. The monoisotopic (exact) mass is 318 g/mol. The minimum Gasteiger partial charge on any atom is -0.319 e. The molecule has 4 rings (SSSR count). The molecule has 0 fully saturated rings. The number of hydrogen-bond acceptors (Lipinski definition) is 4. The molecule has 0 unspecified atom stereocenters. The van der Waals surface area contributed by atoms with Crippen LogP contribution in [0.2, 0.25) is 0 Å². The molecule has 1 amide bonds. The summed E-state index contributed by atoms with van der Waals surface area (Å²) in [6, 6.07) is 11.6. The average molecular weight is 318 g/mol. The number of amides is 1. The SMILES string of the molecule is Cn1ncc(NC(=O)c2cnn3cccnc23)c1-c1ccccc1. The lowest BCUT2D eigenvalue weighted by Gasteiger charge is -2.07. The van der Waals surface area contributed by atoms with Gasteiger partial charge < -0.3 is 5.32 Å². The van der Waals surface area contributed by atoms with E-state index in [0.29, 0.717) is 16.9 Å². The Kier molecular flexibility index (Phi) is 3.31. The summed E-state index contributed by atoms with van der Waals surface area (Å²) in [4.78, 5) is 16.8. The third kappa shape index (κ3) is 2.32. The van der Waals surface area contributed by atoms with Gasteiger partial charge in [0.05, 0.1) is 23.8 Å². The van der Waals surface area contributed by atoms with Gasteiger partial charge in [-0.05, 0) is 6.07 Å². The first-order valence-corrected chi connectivity index (χ1v) is 7.41. The van der Waals surface area contributed by atoms with Crippen LogP contribution in [-0.4, -0.2) is 30.3 Å². The van der Waals surface area contributed by atoms with E-state index in [1.165, 1.54) is 6.20 Å². The molecule has 1 N–H and O–H groups in total. The van der Waals surface area contributed by atoms with Gasteiger partial charge in [-0.25, -0.2) is 9.50 Å². The lowest BCUT2D eigenvalue weighted by Crippen LogP contribution is -2.12. The summed E-state index contributed by atoms with van der Waals surface area (Å²) >= 11 is 0. The fourth-order valence-corrected chi connectivity index (χ4v) is 2.64. The largest absolute Gasteiger partial charge is 0.319 e. The molecule has 0 bridgehead atoms. The maximum atomic E-state index is 12.6. The molecular formula is C17H14N6O. The minimum atomic E-state index is -0.270. The number of benzene rings is 1. The predicted molar refractivity (Wildman–Crippen MR) is 89.6 cm³/mol. The van der Waals surface area contributed by atoms with Crippen LogP contribution in [0.25, 0.3) is 16.9 Å². The third-order valence-electron chi connectivity index (χ3n) is 3.76. The number of hydrogen-bond donors (Lipinski definition) is 1. The Bertz CT molecular complexity index is 1020. The standard InChI is InChI=1S/C17H14N6O/c1-22-15(12-6-3-2-4-7-12)14(11-19-22)21-17(24)13-10-20-23-9-5-8-18-16(13)23/h2-11H,1H3,(H,21,24). The van der Waals surface area contributed by atoms with E-state index in [1.807, 2.05) is 37.4 Å². The maximum absolute atomic E-state index is 12.6. The zero-order valence-corrected chi connectivity index (χ0v) is 12.9. The van der Waals surface area contributed by atoms with Crippen molar-refractivity contribution in [3.63, 3.8) is 0 Å². The highest BCUT2D eigenvalue weighted by Crippen LogP contribution is 2.27. The van der Waals surface area contributed by atoms with Gasteiger partial charge in [0.25, 0.3) is 5.91 Å². The molecule has 7 heteroatoms. The van der Waals surface area contributed by atoms with E-state index < -0.39 is 0 Å². The van der Waals surface area contributed by atoms with Crippen LogP contribution in [0.1, 0.15) is 10.4 Å². The Morgan fingerprint density at radius 1 is 1.08 bits per heavy atom. The molecule has 3 heterocycles. The molecule has 0 spiro atoms. The number of rotatable bonds is 3. The van der Waals surface area contributed by atoms with Crippen molar-refractivity contribution in [1.82, 2.24) is 24.4 Å². The first kappa shape index (κ1) is 14.1. The first-order chi connectivity index (χ1) is 11.7. The molecule has 7 nitrogen and oxygen atoms in total. The summed E-state index contributed by atoms with van der Waals surface area (Å²) < 4.78 is 3.30. The second-order valence-electron chi connectivity index (χ2n) is 5.30. The smallest absolute Gasteiger partial charge is 0.261 e. The Labute approximate surface area is 137 Å². The van der Waals surface area contributed by atoms with Crippen molar-refractivity contribution in [2.75, 3.05) is 5.32 Å². The summed E-state index contributed by atoms with van der Waals surface area (Å²) in [6.45, 7) is 0. The molecule has 0 saturated carbocycles. The highest BCUT2D eigenvalue weighted by Gasteiger charge is 2.17. The Morgan fingerprint density at radius 3 is 2.75 bits per heavy atom. The zero-order chi connectivity index (χ0) is 16.5. The van der Waals surface area contributed by atoms with E-state index in [9.17, 15) is 4.79 Å². The number of nitrogens with one attached hydrogen (secondary N) is 1. The number of carbonyl (C=O) groups excluding carboxylic acids is 1. The van der Waals surface area contributed by atoms with E-state index in [0.717, 1.165) is 11.3 Å². The van der Waals surface area contributed by atoms with Gasteiger partial charge in [0.2, 0.25) is 0 Å². The maximum Gasteiger partial charge on any atom is 0.261 e. The van der Waals surface area contributed by atoms with E-state index >= 15 is 0 Å². The molecule has 0 atom stereocenters. The van der Waals surface area contributed by atoms with Crippen molar-refractivity contribution in [2.45, 2.75) is 0 Å². The van der Waals surface area contributed by atoms with Gasteiger partial charge in [-0.2, -0.15) is 10.2 Å². The number of aromatic nitrogens is 5. The summed E-state index contributed by atoms with van der Waals surface area (Å²) in [5, 5.41) is 11.3. The van der Waals surface area contributed by atoms with Crippen molar-refractivity contribution in [3.05, 3.63) is 66.7 Å². The van der Waals surface area contributed by atoms with Crippen LogP contribution < -0.4 is 5.32 Å². The Balaban J connectivity index is 1.70. The number of fused-ring (bicyclic) bond motifs is 1. The van der Waals surface area contributed by atoms with Crippen LogP contribution in [0.15, 0.2) is 61.2 Å². The Hall–Kier alpha value is -3.48. The van der Waals surface area contributed by atoms with Crippen LogP contribution >= 0.6 is 0 Å². The van der Waals surface area contributed by atoms with Crippen LogP contribution in [0.3, 0.4) is 0 Å². The molecule has 118 valence electrons. The molecule has 0 aliphatic heterocycles. The molecule has 0 aliphatic rings. The predicted octanol–water partition coefficient (Wildman–Crippen LogP) is 2.38. The Morgan fingerprint density at radius 2 is 1.92 bits per heavy atom. The number of anilines is 1. The topological polar surface area (TPSA) is 77.1 Å². The fourth-order valence-electron chi connectivity index (χ4n) is 2.64. The average Bonchev–Trinajstić information content (AvgIpc) is 3.19. The number of aryl methyl sites for hydroxylation is 1. The molecule has 0 aliphatic carbocycles. The van der Waals surface area contributed by atoms with E-state index in [-0.39, 0.29) is 5.91 Å². The van der Waals surface area contributed by atoms with E-state index in [4.69, 9.17) is 0 Å². The summed E-state index contributed by atoms with van der Waals surface area (Å²) in [7, 11) is 1.84. The van der Waals surface area contributed by atoms with Gasteiger partial charge in [0.15, 0.2) is 5.65 Å². The van der Waals surface area contributed by atoms with E-state index in [1.54, 1.807) is 33.9 Å². The molecule has 3 aromatic heterocycles. The van der Waals surface area contributed by atoms with Crippen molar-refractivity contribution in [2.24, 2.45) is 7.05 Å². The first-order valence-electron chi connectivity index (χ1n) is 7.41. The van der Waals surface area contributed by atoms with Crippen molar-refractivity contribution >= 4 is 17.2 Å². The molecule has 0 radical (unpaired) electrons. The highest BCUT2D eigenvalue weighted by atomic mass is 16.1. The van der Waals surface area contributed by atoms with Gasteiger partial charge in [-0.15, -0.1) is 0 Å². The summed E-state index contributed by atoms with van der Waals surface area (Å²) in [5.74, 6) is -0.270.